The Morgan fingerprint density at radius 1 is 1.11 bits per heavy atom. The highest BCUT2D eigenvalue weighted by atomic mass is 35.5. The largest absolute Gasteiger partial charge is 0.403 e. The number of alkyl halides is 5. The van der Waals surface area contributed by atoms with Crippen LogP contribution in [0.15, 0.2) is 0 Å². The van der Waals surface area contributed by atoms with Crippen LogP contribution < -0.4 is 21.4 Å². The van der Waals surface area contributed by atoms with Crippen molar-refractivity contribution in [3.05, 3.63) is 0 Å². The third-order valence-corrected chi connectivity index (χ3v) is 8.56. The first-order chi connectivity index (χ1) is 16.6. The van der Waals surface area contributed by atoms with Crippen LogP contribution in [0.5, 0.6) is 0 Å². The van der Waals surface area contributed by atoms with Crippen LogP contribution in [0.1, 0.15) is 51.4 Å². The topological polar surface area (TPSA) is 92.9 Å². The van der Waals surface area contributed by atoms with E-state index in [2.05, 4.69) is 21.4 Å². The second-order valence-electron chi connectivity index (χ2n) is 10.9. The Labute approximate surface area is 206 Å². The second kappa shape index (κ2) is 9.85. The van der Waals surface area contributed by atoms with Gasteiger partial charge in [-0.25, -0.2) is 4.39 Å². The maximum Gasteiger partial charge on any atom is 0.403 e. The summed E-state index contributed by atoms with van der Waals surface area (Å²) >= 11 is 5.89. The average molecular weight is 529 g/mol. The Hall–Kier alpha value is -0.760. The Balaban J connectivity index is 0.968. The lowest BCUT2D eigenvalue weighted by atomic mass is 9.38. The molecule has 13 heteroatoms. The lowest BCUT2D eigenvalue weighted by Gasteiger charge is -2.71. The minimum atomic E-state index is -4.23. The number of amides is 1. The van der Waals surface area contributed by atoms with Crippen molar-refractivity contribution in [2.75, 3.05) is 19.8 Å². The fourth-order valence-electron chi connectivity index (χ4n) is 6.27. The fourth-order valence-corrected chi connectivity index (χ4v) is 6.49. The molecule has 7 unspecified atom stereocenters. The van der Waals surface area contributed by atoms with Gasteiger partial charge in [0.15, 0.2) is 0 Å². The van der Waals surface area contributed by atoms with E-state index >= 15 is 0 Å². The second-order valence-corrected chi connectivity index (χ2v) is 11.4. The summed E-state index contributed by atoms with van der Waals surface area (Å²) in [5, 5.41) is 8.44. The molecule has 0 aromatic carbocycles. The smallest absolute Gasteiger partial charge is 0.374 e. The van der Waals surface area contributed by atoms with E-state index in [0.717, 1.165) is 19.3 Å². The zero-order chi connectivity index (χ0) is 24.8. The van der Waals surface area contributed by atoms with Crippen LogP contribution in [0.3, 0.4) is 0 Å². The molecule has 0 aromatic heterocycles. The molecule has 6 aliphatic rings. The maximum atomic E-state index is 13.7. The van der Waals surface area contributed by atoms with Crippen molar-refractivity contribution >= 4 is 17.5 Å². The Bertz CT molecular complexity index is 765. The normalized spacial score (nSPS) is 45.5. The third kappa shape index (κ3) is 5.58. The first-order valence-corrected chi connectivity index (χ1v) is 12.8. The number of carbonyl (C=O) groups is 1. The van der Waals surface area contributed by atoms with E-state index in [9.17, 15) is 22.4 Å². The summed E-state index contributed by atoms with van der Waals surface area (Å²) in [6, 6.07) is -1.46. The van der Waals surface area contributed by atoms with Gasteiger partial charge in [-0.05, 0) is 44.9 Å². The summed E-state index contributed by atoms with van der Waals surface area (Å²) in [6.45, 7) is 0.359. The van der Waals surface area contributed by atoms with Gasteiger partial charge in [0.2, 0.25) is 5.91 Å². The molecule has 0 spiro atoms. The summed E-state index contributed by atoms with van der Waals surface area (Å²) in [5.41, 5.74) is 2.61. The molecule has 35 heavy (non-hydrogen) atoms. The van der Waals surface area contributed by atoms with Gasteiger partial charge in [-0.3, -0.25) is 14.9 Å². The summed E-state index contributed by atoms with van der Waals surface area (Å²) < 4.78 is 63.4. The van der Waals surface area contributed by atoms with E-state index in [0.29, 0.717) is 19.3 Å². The Kier molecular flexibility index (Phi) is 7.28. The van der Waals surface area contributed by atoms with Crippen molar-refractivity contribution < 1.29 is 36.7 Å². The molecular weight excluding hydrogens is 496 g/mol. The number of carbonyl (C=O) groups excluding carboxylic acids is 1. The molecule has 6 fully saturated rings. The summed E-state index contributed by atoms with van der Waals surface area (Å²) in [5.74, 6) is -0.194. The van der Waals surface area contributed by atoms with Crippen molar-refractivity contribution in [2.24, 2.45) is 5.41 Å². The van der Waals surface area contributed by atoms with E-state index in [1.807, 2.05) is 0 Å². The summed E-state index contributed by atoms with van der Waals surface area (Å²) in [7, 11) is 0. The maximum absolute atomic E-state index is 13.7. The third-order valence-electron chi connectivity index (χ3n) is 8.07. The van der Waals surface area contributed by atoms with E-state index < -0.39 is 23.8 Å². The lowest BCUT2D eigenvalue weighted by Crippen LogP contribution is -2.79. The average Bonchev–Trinajstić information content (AvgIpc) is 3.23. The molecule has 4 N–H and O–H groups in total. The quantitative estimate of drug-likeness (QED) is 0.283. The zero-order valence-electron chi connectivity index (χ0n) is 19.3. The Morgan fingerprint density at radius 2 is 1.86 bits per heavy atom. The van der Waals surface area contributed by atoms with Crippen LogP contribution in [-0.2, 0) is 19.1 Å². The highest BCUT2D eigenvalue weighted by Crippen LogP contribution is 2.69. The molecule has 2 saturated heterocycles. The van der Waals surface area contributed by atoms with Gasteiger partial charge < -0.3 is 20.1 Å². The number of halogens is 5. The number of hydrogen-bond acceptors (Lipinski definition) is 7. The lowest BCUT2D eigenvalue weighted by molar-refractivity contribution is -0.232. The zero-order valence-corrected chi connectivity index (χ0v) is 20.1. The number of hydrogen-bond donors (Lipinski definition) is 4. The minimum Gasteiger partial charge on any atom is -0.374 e. The molecule has 2 aliphatic heterocycles. The summed E-state index contributed by atoms with van der Waals surface area (Å²) in [4.78, 5) is 18.1. The van der Waals surface area contributed by atoms with Crippen molar-refractivity contribution in [1.29, 1.82) is 0 Å². The molecule has 1 amide bonds. The van der Waals surface area contributed by atoms with Gasteiger partial charge in [0.25, 0.3) is 0 Å². The van der Waals surface area contributed by atoms with Crippen molar-refractivity contribution in [2.45, 2.75) is 105 Å². The monoisotopic (exact) mass is 528 g/mol. The van der Waals surface area contributed by atoms with Crippen molar-refractivity contribution in [3.8, 4) is 0 Å². The molecule has 200 valence electrons. The van der Waals surface area contributed by atoms with Gasteiger partial charge in [-0.1, -0.05) is 0 Å². The number of hydroxylamine groups is 1. The molecule has 4 saturated carbocycles. The predicted octanol–water partition coefficient (Wildman–Crippen LogP) is 2.02. The van der Waals surface area contributed by atoms with E-state index in [1.54, 1.807) is 0 Å². The molecule has 2 bridgehead atoms. The van der Waals surface area contributed by atoms with Crippen LogP contribution >= 0.6 is 11.6 Å². The molecule has 8 nitrogen and oxygen atoms in total. The van der Waals surface area contributed by atoms with Crippen LogP contribution in [-0.4, -0.2) is 79.6 Å². The molecule has 2 heterocycles. The van der Waals surface area contributed by atoms with Crippen LogP contribution in [0.2, 0.25) is 0 Å². The molecule has 6 rings (SSSR count). The van der Waals surface area contributed by atoms with Crippen LogP contribution in [0.4, 0.5) is 17.6 Å². The van der Waals surface area contributed by atoms with Gasteiger partial charge in [0.05, 0.1) is 24.2 Å². The van der Waals surface area contributed by atoms with Gasteiger partial charge in [0.1, 0.15) is 31.2 Å². The number of nitrogens with one attached hydrogen (secondary N) is 4. The predicted molar refractivity (Wildman–Crippen MR) is 117 cm³/mol. The highest BCUT2D eigenvalue weighted by molar-refractivity contribution is 6.21. The highest BCUT2D eigenvalue weighted by Gasteiger charge is 2.72. The van der Waals surface area contributed by atoms with E-state index in [4.69, 9.17) is 25.9 Å². The van der Waals surface area contributed by atoms with E-state index in [1.165, 1.54) is 0 Å². The molecule has 4 aliphatic carbocycles. The van der Waals surface area contributed by atoms with Gasteiger partial charge in [-0.2, -0.15) is 18.7 Å². The standard InChI is InChI=1S/C22H33ClF4N4O4/c23-14-3-1-12(5-15(14)24)34-8-18(32)30-21-9-20(10-21,11-21)19-29-17(31-35-19)7-33-13-2-4-16(28-6-13)22(25,26)27/h12-17,19,28-29,31H,1-11H2,(H,30,32). The number of ether oxygens (including phenoxy) is 2. The molecule has 0 radical (unpaired) electrons. The van der Waals surface area contributed by atoms with Gasteiger partial charge >= 0.3 is 6.18 Å². The van der Waals surface area contributed by atoms with Gasteiger partial charge in [0, 0.05) is 23.9 Å². The Morgan fingerprint density at radius 3 is 2.51 bits per heavy atom. The van der Waals surface area contributed by atoms with Gasteiger partial charge in [-0.15, -0.1) is 11.6 Å². The van der Waals surface area contributed by atoms with E-state index in [-0.39, 0.29) is 74.1 Å². The number of rotatable bonds is 8. The fraction of sp³-hybridized carbons (Fsp3) is 0.955. The molecule has 7 atom stereocenters. The van der Waals surface area contributed by atoms with Crippen molar-refractivity contribution in [3.63, 3.8) is 0 Å². The molecule has 0 aromatic rings. The molecular formula is C22H33ClF4N4O4. The van der Waals surface area contributed by atoms with Crippen LogP contribution in [0, 0.1) is 5.41 Å². The minimum absolute atomic E-state index is 0.00563. The summed E-state index contributed by atoms with van der Waals surface area (Å²) in [6.07, 6.45) is -2.20. The first-order valence-electron chi connectivity index (χ1n) is 12.4. The SMILES string of the molecule is O=C(COC1CCC(Cl)C(F)C1)NC12CC(C3NC(COC4CCC(C(F)(F)F)NC4)NO3)(C1)C2. The first kappa shape index (κ1) is 25.9. The van der Waals surface area contributed by atoms with Crippen LogP contribution in [0.25, 0.3) is 0 Å². The van der Waals surface area contributed by atoms with Crippen molar-refractivity contribution in [1.82, 2.24) is 21.4 Å². The number of piperidine rings is 1.